The summed E-state index contributed by atoms with van der Waals surface area (Å²) < 4.78 is 12.5. The summed E-state index contributed by atoms with van der Waals surface area (Å²) in [5.74, 6) is 0.431. The van der Waals surface area contributed by atoms with Crippen LogP contribution in [-0.2, 0) is 0 Å². The van der Waals surface area contributed by atoms with E-state index in [4.69, 9.17) is 0 Å². The highest BCUT2D eigenvalue weighted by atomic mass is 32.1. The van der Waals surface area contributed by atoms with Gasteiger partial charge < -0.3 is 10.2 Å². The van der Waals surface area contributed by atoms with Gasteiger partial charge >= 0.3 is 6.03 Å². The summed E-state index contributed by atoms with van der Waals surface area (Å²) in [5.41, 5.74) is 1.71. The van der Waals surface area contributed by atoms with E-state index in [9.17, 15) is 9.18 Å². The van der Waals surface area contributed by atoms with Crippen LogP contribution < -0.4 is 10.6 Å². The lowest BCUT2D eigenvalue weighted by atomic mass is 9.97. The Morgan fingerprint density at radius 2 is 1.97 bits per heavy atom. The number of hydrogen-bond acceptors (Lipinski definition) is 7. The number of halogens is 1. The summed E-state index contributed by atoms with van der Waals surface area (Å²) in [6.07, 6.45) is 3.69. The van der Waals surface area contributed by atoms with E-state index in [0.717, 1.165) is 52.2 Å². The first kappa shape index (κ1) is 20.2. The fourth-order valence-electron chi connectivity index (χ4n) is 4.76. The van der Waals surface area contributed by atoms with Gasteiger partial charge in [0.2, 0.25) is 0 Å². The van der Waals surface area contributed by atoms with Crippen LogP contribution in [0.25, 0.3) is 21.5 Å². The van der Waals surface area contributed by atoms with Gasteiger partial charge in [-0.05, 0) is 56.9 Å². The molecular weight excluding hydrogens is 417 g/mol. The van der Waals surface area contributed by atoms with Crippen LogP contribution in [0.5, 0.6) is 0 Å². The highest BCUT2D eigenvalue weighted by Crippen LogP contribution is 2.36. The van der Waals surface area contributed by atoms with E-state index in [0.29, 0.717) is 12.4 Å². The minimum Gasteiger partial charge on any atom is -0.318 e. The van der Waals surface area contributed by atoms with E-state index >= 15 is 0 Å². The normalized spacial score (nSPS) is 22.8. The van der Waals surface area contributed by atoms with Crippen molar-refractivity contribution in [2.24, 2.45) is 0 Å². The van der Waals surface area contributed by atoms with E-state index in [-0.39, 0.29) is 30.8 Å². The van der Waals surface area contributed by atoms with Gasteiger partial charge in [-0.2, -0.15) is 0 Å². The number of amides is 2. The second kappa shape index (κ2) is 8.43. The van der Waals surface area contributed by atoms with Crippen molar-refractivity contribution >= 4 is 34.1 Å². The molecule has 1 unspecified atom stereocenters. The number of aromatic nitrogens is 4. The maximum Gasteiger partial charge on any atom is 0.323 e. The number of urea groups is 1. The Morgan fingerprint density at radius 1 is 1.16 bits per heavy atom. The number of hydrogen-bond donors (Lipinski definition) is 2. The summed E-state index contributed by atoms with van der Waals surface area (Å²) in [6.45, 7) is 1.94. The summed E-state index contributed by atoms with van der Waals surface area (Å²) in [6, 6.07) is 8.18. The zero-order valence-corrected chi connectivity index (χ0v) is 18.0. The second-order valence-electron chi connectivity index (χ2n) is 8.16. The molecule has 3 atom stereocenters. The molecule has 8 nitrogen and oxygen atoms in total. The average molecular weight is 442 g/mol. The first-order chi connectivity index (χ1) is 15.1. The van der Waals surface area contributed by atoms with Crippen LogP contribution >= 0.6 is 11.3 Å². The third-order valence-electron chi connectivity index (χ3n) is 6.09. The van der Waals surface area contributed by atoms with Crippen molar-refractivity contribution in [2.45, 2.75) is 50.7 Å². The van der Waals surface area contributed by atoms with Crippen molar-refractivity contribution in [1.82, 2.24) is 30.6 Å². The molecule has 2 fully saturated rings. The lowest BCUT2D eigenvalue weighted by molar-refractivity contribution is 0.141. The van der Waals surface area contributed by atoms with Crippen LogP contribution in [0, 0.1) is 6.92 Å². The molecule has 5 rings (SSSR count). The Morgan fingerprint density at radius 3 is 2.68 bits per heavy atom. The Balaban J connectivity index is 1.31. The first-order valence-electron chi connectivity index (χ1n) is 10.6. The standard InChI is InChI=1S/C21H24FN7OS/c1-12-25-28-20(31-12)13-2-5-18-14(8-13)9-19(27-26-18)24-21(30)29-16-3-4-17(29)11-15(10-16)23-7-6-22/h2,5,8-9,15-17,23H,3-4,6-7,10-11H2,1H3,(H,24,27,30)/t15?,16-,17+. The molecule has 0 radical (unpaired) electrons. The van der Waals surface area contributed by atoms with Gasteiger partial charge in [-0.3, -0.25) is 5.32 Å². The molecule has 10 heteroatoms. The molecule has 2 aliphatic heterocycles. The van der Waals surface area contributed by atoms with Gasteiger partial charge in [0.1, 0.15) is 16.7 Å². The molecule has 2 N–H and O–H groups in total. The molecule has 2 saturated heterocycles. The summed E-state index contributed by atoms with van der Waals surface area (Å²) in [4.78, 5) is 15.0. The number of carbonyl (C=O) groups excluding carboxylic acids is 1. The van der Waals surface area contributed by atoms with Gasteiger partial charge in [0.15, 0.2) is 5.82 Å². The minimum atomic E-state index is -0.364. The predicted octanol–water partition coefficient (Wildman–Crippen LogP) is 3.54. The Kier molecular flexibility index (Phi) is 5.49. The van der Waals surface area contributed by atoms with E-state index in [1.165, 1.54) is 11.3 Å². The van der Waals surface area contributed by atoms with Gasteiger partial charge in [-0.15, -0.1) is 20.4 Å². The molecule has 2 aromatic heterocycles. The summed E-state index contributed by atoms with van der Waals surface area (Å²) >= 11 is 1.53. The lowest BCUT2D eigenvalue weighted by Crippen LogP contribution is -2.53. The van der Waals surface area contributed by atoms with Crippen molar-refractivity contribution in [3.63, 3.8) is 0 Å². The van der Waals surface area contributed by atoms with Gasteiger partial charge in [0, 0.05) is 35.6 Å². The SMILES string of the molecule is Cc1nnc(-c2ccc3nnc(NC(=O)N4[C@@H]5CC[C@H]4CC(NCCF)C5)cc3c2)s1. The first-order valence-corrected chi connectivity index (χ1v) is 11.4. The minimum absolute atomic E-state index is 0.138. The van der Waals surface area contributed by atoms with Crippen LogP contribution in [0.3, 0.4) is 0 Å². The molecule has 1 aromatic carbocycles. The number of fused-ring (bicyclic) bond motifs is 3. The van der Waals surface area contributed by atoms with Crippen molar-refractivity contribution in [3.05, 3.63) is 29.3 Å². The van der Waals surface area contributed by atoms with Crippen LogP contribution in [0.4, 0.5) is 15.0 Å². The topological polar surface area (TPSA) is 95.9 Å². The zero-order valence-electron chi connectivity index (χ0n) is 17.2. The van der Waals surface area contributed by atoms with Crippen molar-refractivity contribution in [3.8, 4) is 10.6 Å². The third-order valence-corrected chi connectivity index (χ3v) is 6.98. The highest BCUT2D eigenvalue weighted by Gasteiger charge is 2.43. The monoisotopic (exact) mass is 441 g/mol. The number of rotatable bonds is 5. The largest absolute Gasteiger partial charge is 0.323 e. The lowest BCUT2D eigenvalue weighted by Gasteiger charge is -2.39. The molecule has 31 heavy (non-hydrogen) atoms. The molecule has 2 amide bonds. The van der Waals surface area contributed by atoms with Gasteiger partial charge in [-0.1, -0.05) is 11.3 Å². The predicted molar refractivity (Wildman–Crippen MR) is 118 cm³/mol. The molecule has 2 aliphatic rings. The molecule has 0 saturated carbocycles. The zero-order chi connectivity index (χ0) is 21.4. The summed E-state index contributed by atoms with van der Waals surface area (Å²) in [7, 11) is 0. The van der Waals surface area contributed by atoms with Crippen LogP contribution in [0.2, 0.25) is 0 Å². The number of carbonyl (C=O) groups is 1. The molecule has 0 spiro atoms. The number of benzene rings is 1. The number of alkyl halides is 1. The quantitative estimate of drug-likeness (QED) is 0.629. The van der Waals surface area contributed by atoms with Crippen LogP contribution in [-0.4, -0.2) is 62.7 Å². The third kappa shape index (κ3) is 4.09. The Labute approximate surface area is 183 Å². The van der Waals surface area contributed by atoms with E-state index < -0.39 is 0 Å². The van der Waals surface area contributed by atoms with Gasteiger partial charge in [-0.25, -0.2) is 9.18 Å². The molecule has 3 aromatic rings. The number of piperidine rings is 1. The van der Waals surface area contributed by atoms with E-state index in [2.05, 4.69) is 31.0 Å². The van der Waals surface area contributed by atoms with E-state index in [1.54, 1.807) is 0 Å². The Bertz CT molecular complexity index is 1090. The van der Waals surface area contributed by atoms with Crippen LogP contribution in [0.15, 0.2) is 24.3 Å². The fraction of sp³-hybridized carbons (Fsp3) is 0.476. The van der Waals surface area contributed by atoms with Crippen molar-refractivity contribution in [1.29, 1.82) is 0 Å². The fourth-order valence-corrected chi connectivity index (χ4v) is 5.45. The number of aryl methyl sites for hydroxylation is 1. The Hall–Kier alpha value is -2.72. The molecule has 4 heterocycles. The van der Waals surface area contributed by atoms with Gasteiger partial charge in [0.05, 0.1) is 5.52 Å². The smallest absolute Gasteiger partial charge is 0.318 e. The average Bonchev–Trinajstić information content (AvgIpc) is 3.32. The maximum absolute atomic E-state index is 13.0. The summed E-state index contributed by atoms with van der Waals surface area (Å²) in [5, 5.41) is 25.6. The van der Waals surface area contributed by atoms with Gasteiger partial charge in [0.25, 0.3) is 0 Å². The molecule has 2 bridgehead atoms. The van der Waals surface area contributed by atoms with Crippen molar-refractivity contribution in [2.75, 3.05) is 18.5 Å². The number of nitrogens with zero attached hydrogens (tertiary/aromatic N) is 5. The van der Waals surface area contributed by atoms with Crippen LogP contribution in [0.1, 0.15) is 30.7 Å². The number of nitrogens with one attached hydrogen (secondary N) is 2. The second-order valence-corrected chi connectivity index (χ2v) is 9.34. The molecule has 162 valence electrons. The number of anilines is 1. The maximum atomic E-state index is 13.0. The highest BCUT2D eigenvalue weighted by molar-refractivity contribution is 7.14. The van der Waals surface area contributed by atoms with E-state index in [1.807, 2.05) is 36.1 Å². The van der Waals surface area contributed by atoms with Crippen molar-refractivity contribution < 1.29 is 9.18 Å². The molecular formula is C21H24FN7OS. The molecule has 0 aliphatic carbocycles.